The molecule has 12 heteroatoms. The van der Waals surface area contributed by atoms with Gasteiger partial charge in [-0.15, -0.1) is 11.3 Å². The van der Waals surface area contributed by atoms with Crippen LogP contribution in [0.3, 0.4) is 0 Å². The number of hydrogen-bond acceptors (Lipinski definition) is 10. The van der Waals surface area contributed by atoms with Crippen molar-refractivity contribution in [2.75, 3.05) is 57.3 Å². The van der Waals surface area contributed by atoms with Crippen molar-refractivity contribution in [3.8, 4) is 10.4 Å². The first-order chi connectivity index (χ1) is 23.0. The fourth-order valence-electron chi connectivity index (χ4n) is 7.55. The molecule has 48 heavy (non-hydrogen) atoms. The Balaban J connectivity index is 1.08. The van der Waals surface area contributed by atoms with Crippen molar-refractivity contribution in [3.63, 3.8) is 0 Å². The van der Waals surface area contributed by atoms with Crippen molar-refractivity contribution in [3.05, 3.63) is 52.9 Å². The van der Waals surface area contributed by atoms with Gasteiger partial charge in [0.05, 0.1) is 28.2 Å². The highest BCUT2D eigenvalue weighted by atomic mass is 32.1. The third kappa shape index (κ3) is 7.61. The molecular formula is C36H51N7O4S. The predicted molar refractivity (Wildman–Crippen MR) is 188 cm³/mol. The number of nitrogens with one attached hydrogen (secondary N) is 2. The van der Waals surface area contributed by atoms with Gasteiger partial charge in [0, 0.05) is 51.8 Å². The number of piperazine rings is 1. The van der Waals surface area contributed by atoms with Crippen molar-refractivity contribution in [2.45, 2.75) is 78.0 Å². The molecule has 2 amide bonds. The summed E-state index contributed by atoms with van der Waals surface area (Å²) in [5.41, 5.74) is 5.25. The lowest BCUT2D eigenvalue weighted by Crippen LogP contribution is -2.51. The van der Waals surface area contributed by atoms with E-state index in [0.717, 1.165) is 73.3 Å². The first kappa shape index (κ1) is 34.5. The molecule has 260 valence electrons. The van der Waals surface area contributed by atoms with Crippen LogP contribution in [0, 0.1) is 18.3 Å². The van der Waals surface area contributed by atoms with Gasteiger partial charge in [-0.2, -0.15) is 0 Å². The fourth-order valence-corrected chi connectivity index (χ4v) is 8.37. The van der Waals surface area contributed by atoms with Crippen molar-refractivity contribution >= 4 is 29.0 Å². The van der Waals surface area contributed by atoms with Gasteiger partial charge in [-0.25, -0.2) is 4.98 Å². The summed E-state index contributed by atoms with van der Waals surface area (Å²) in [5, 5.41) is 21.6. The molecule has 1 aromatic carbocycles. The van der Waals surface area contributed by atoms with Crippen LogP contribution in [0.25, 0.3) is 10.4 Å². The Morgan fingerprint density at radius 2 is 1.83 bits per heavy atom. The van der Waals surface area contributed by atoms with Crippen LogP contribution in [0.2, 0.25) is 0 Å². The van der Waals surface area contributed by atoms with Crippen LogP contribution < -0.4 is 15.5 Å². The van der Waals surface area contributed by atoms with E-state index in [2.05, 4.69) is 37.5 Å². The number of piperidine rings is 1. The summed E-state index contributed by atoms with van der Waals surface area (Å²) in [6, 6.07) is 8.96. The zero-order chi connectivity index (χ0) is 34.0. The molecule has 0 spiro atoms. The van der Waals surface area contributed by atoms with Gasteiger partial charge in [-0.05, 0) is 62.2 Å². The van der Waals surface area contributed by atoms with E-state index in [0.29, 0.717) is 11.2 Å². The van der Waals surface area contributed by atoms with E-state index in [1.54, 1.807) is 11.3 Å². The van der Waals surface area contributed by atoms with Crippen LogP contribution in [0.15, 0.2) is 40.4 Å². The summed E-state index contributed by atoms with van der Waals surface area (Å²) in [5.74, 6) is 0.0420. The second kappa shape index (κ2) is 14.7. The Labute approximate surface area is 288 Å². The van der Waals surface area contributed by atoms with E-state index >= 15 is 0 Å². The first-order valence-electron chi connectivity index (χ1n) is 17.5. The Morgan fingerprint density at radius 1 is 1.12 bits per heavy atom. The van der Waals surface area contributed by atoms with Gasteiger partial charge in [-0.3, -0.25) is 14.5 Å². The number of nitrogens with zero attached hydrogens (tertiary/aromatic N) is 5. The molecule has 0 saturated carbocycles. The Morgan fingerprint density at radius 3 is 2.48 bits per heavy atom. The highest BCUT2D eigenvalue weighted by Crippen LogP contribution is 2.34. The summed E-state index contributed by atoms with van der Waals surface area (Å²) >= 11 is 1.61. The molecule has 6 rings (SSSR count). The van der Waals surface area contributed by atoms with E-state index in [4.69, 9.17) is 4.52 Å². The van der Waals surface area contributed by atoms with Gasteiger partial charge >= 0.3 is 0 Å². The van der Waals surface area contributed by atoms with Crippen LogP contribution in [0.4, 0.5) is 5.82 Å². The van der Waals surface area contributed by atoms with Crippen LogP contribution in [-0.4, -0.2) is 101 Å². The average molecular weight is 678 g/mol. The van der Waals surface area contributed by atoms with Crippen LogP contribution in [0.5, 0.6) is 0 Å². The normalized spacial score (nSPS) is 23.0. The van der Waals surface area contributed by atoms with Crippen molar-refractivity contribution in [1.82, 2.24) is 30.6 Å². The van der Waals surface area contributed by atoms with E-state index in [1.807, 2.05) is 63.5 Å². The molecule has 3 fully saturated rings. The highest BCUT2D eigenvalue weighted by Gasteiger charge is 2.43. The number of hydrogen-bond donors (Lipinski definition) is 3. The number of carbonyl (C=O) groups excluding carboxylic acids is 2. The summed E-state index contributed by atoms with van der Waals surface area (Å²) in [6.07, 6.45) is 1.84. The summed E-state index contributed by atoms with van der Waals surface area (Å²) < 4.78 is 5.85. The SMILES string of the molecule is Cc1ncsc1-c1ccc([C@H](C)NC(=O)[C@@H]2C[C@@H](O)CN2C(=O)C(c2cc(N3CCN(CC4(C)CCNCC4)CC3)no2)C(C)C)cc1. The molecule has 3 N–H and O–H groups in total. The second-order valence-corrected chi connectivity index (χ2v) is 15.5. The van der Waals surface area contributed by atoms with Gasteiger partial charge in [0.25, 0.3) is 0 Å². The van der Waals surface area contributed by atoms with Gasteiger partial charge < -0.3 is 30.1 Å². The van der Waals surface area contributed by atoms with Gasteiger partial charge in [0.1, 0.15) is 12.0 Å². The van der Waals surface area contributed by atoms with Crippen LogP contribution in [0.1, 0.15) is 75.9 Å². The Bertz CT molecular complexity index is 1540. The Kier molecular flexibility index (Phi) is 10.5. The molecule has 2 aromatic heterocycles. The molecule has 3 aromatic rings. The number of anilines is 1. The van der Waals surface area contributed by atoms with Gasteiger partial charge in [0.2, 0.25) is 11.8 Å². The number of β-amino-alcohol motifs (C(OH)–C–C–N with tert-alkyl or cyclic N) is 1. The van der Waals surface area contributed by atoms with Crippen molar-refractivity contribution in [1.29, 1.82) is 0 Å². The lowest BCUT2D eigenvalue weighted by atomic mass is 9.80. The molecule has 11 nitrogen and oxygen atoms in total. The maximum absolute atomic E-state index is 14.1. The third-order valence-corrected chi connectivity index (χ3v) is 11.5. The molecule has 0 radical (unpaired) electrons. The molecule has 3 aliphatic rings. The van der Waals surface area contributed by atoms with Crippen LogP contribution in [-0.2, 0) is 9.59 Å². The monoisotopic (exact) mass is 677 g/mol. The fraction of sp³-hybridized carbons (Fsp3) is 0.611. The van der Waals surface area contributed by atoms with Crippen molar-refractivity contribution in [2.24, 2.45) is 11.3 Å². The lowest BCUT2D eigenvalue weighted by molar-refractivity contribution is -0.141. The Hall–Kier alpha value is -3.32. The number of carbonyl (C=O) groups is 2. The number of likely N-dealkylation sites (tertiary alicyclic amines) is 1. The van der Waals surface area contributed by atoms with E-state index in [-0.39, 0.29) is 36.7 Å². The van der Waals surface area contributed by atoms with Crippen molar-refractivity contribution < 1.29 is 19.2 Å². The van der Waals surface area contributed by atoms with Gasteiger partial charge in [-0.1, -0.05) is 50.2 Å². The number of benzene rings is 1. The standard InChI is InChI=1S/C36H51N7O4S/c1-23(2)32(30-19-31(40-47-30)42-16-14-41(15-17-42)21-36(5)10-12-37-13-11-36)35(46)43-20-28(44)18-29(43)34(45)39-24(3)26-6-8-27(9-7-26)33-25(4)38-22-48-33/h6-9,19,22-24,28-29,32,37,44H,10-18,20-21H2,1-5H3,(H,39,45)/t24-,28+,29-,32?/m0/s1. The van der Waals surface area contributed by atoms with E-state index in [1.165, 1.54) is 17.7 Å². The molecule has 0 aliphatic carbocycles. The van der Waals surface area contributed by atoms with Gasteiger partial charge in [0.15, 0.2) is 11.6 Å². The molecule has 4 atom stereocenters. The zero-order valence-corrected chi connectivity index (χ0v) is 29.8. The smallest absolute Gasteiger partial charge is 0.243 e. The summed E-state index contributed by atoms with van der Waals surface area (Å²) in [6.45, 7) is 17.3. The number of amides is 2. The van der Waals surface area contributed by atoms with E-state index in [9.17, 15) is 14.7 Å². The number of rotatable bonds is 10. The average Bonchev–Trinajstić information content (AvgIpc) is 3.82. The largest absolute Gasteiger partial charge is 0.391 e. The molecule has 1 unspecified atom stereocenters. The molecule has 5 heterocycles. The van der Waals surface area contributed by atoms with Crippen LogP contribution >= 0.6 is 11.3 Å². The minimum absolute atomic E-state index is 0.0954. The lowest BCUT2D eigenvalue weighted by Gasteiger charge is -2.42. The number of thiazole rings is 1. The third-order valence-electron chi connectivity index (χ3n) is 10.5. The topological polar surface area (TPSA) is 127 Å². The maximum atomic E-state index is 14.1. The summed E-state index contributed by atoms with van der Waals surface area (Å²) in [4.78, 5) is 39.6. The molecule has 3 aliphatic heterocycles. The molecular weight excluding hydrogens is 627 g/mol. The minimum Gasteiger partial charge on any atom is -0.391 e. The number of aliphatic hydroxyl groups excluding tert-OH is 1. The second-order valence-electron chi connectivity index (χ2n) is 14.6. The number of aryl methyl sites for hydroxylation is 1. The number of aromatic nitrogens is 2. The first-order valence-corrected chi connectivity index (χ1v) is 18.3. The van der Waals surface area contributed by atoms with E-state index < -0.39 is 18.1 Å². The zero-order valence-electron chi connectivity index (χ0n) is 28.9. The minimum atomic E-state index is -0.775. The molecule has 3 saturated heterocycles. The predicted octanol–water partition coefficient (Wildman–Crippen LogP) is 4.20. The quantitative estimate of drug-likeness (QED) is 0.290. The molecule has 0 bridgehead atoms. The summed E-state index contributed by atoms with van der Waals surface area (Å²) in [7, 11) is 0. The maximum Gasteiger partial charge on any atom is 0.243 e. The highest BCUT2D eigenvalue weighted by molar-refractivity contribution is 7.13. The number of aliphatic hydroxyl groups is 1.